The SMILES string of the molecule is Cn1ccc2c1CC[C@@H]1C(=O)N(c3ccccc3)C(=O)[C@H]21. The third kappa shape index (κ3) is 1.62. The number of para-hydroxylation sites is 1. The number of carbonyl (C=O) groups excluding carboxylic acids is 2. The smallest absolute Gasteiger partial charge is 0.242 e. The third-order valence-electron chi connectivity index (χ3n) is 4.70. The first-order valence-electron chi connectivity index (χ1n) is 7.25. The minimum Gasteiger partial charge on any atom is -0.354 e. The van der Waals surface area contributed by atoms with Gasteiger partial charge in [0.1, 0.15) is 0 Å². The molecule has 0 N–H and O–H groups in total. The fourth-order valence-corrected chi connectivity index (χ4v) is 3.68. The van der Waals surface area contributed by atoms with Crippen molar-refractivity contribution in [2.45, 2.75) is 18.8 Å². The van der Waals surface area contributed by atoms with Gasteiger partial charge in [-0.15, -0.1) is 0 Å². The Morgan fingerprint density at radius 1 is 1.05 bits per heavy atom. The minimum atomic E-state index is -0.303. The molecule has 1 aromatic carbocycles. The van der Waals surface area contributed by atoms with Crippen molar-refractivity contribution >= 4 is 17.5 Å². The standard InChI is InChI=1S/C17H16N2O2/c1-18-10-9-12-14(18)8-7-13-15(12)17(21)19(16(13)20)11-5-3-2-4-6-11/h2-6,9-10,13,15H,7-8H2,1H3/t13-,15+/m0/s1. The van der Waals surface area contributed by atoms with Gasteiger partial charge in [0.25, 0.3) is 0 Å². The molecule has 2 atom stereocenters. The van der Waals surface area contributed by atoms with Crippen LogP contribution in [0.5, 0.6) is 0 Å². The molecule has 1 saturated heterocycles. The van der Waals surface area contributed by atoms with Crippen molar-refractivity contribution in [3.63, 3.8) is 0 Å². The van der Waals surface area contributed by atoms with Crippen molar-refractivity contribution in [1.29, 1.82) is 0 Å². The summed E-state index contributed by atoms with van der Waals surface area (Å²) in [6.07, 6.45) is 3.60. The van der Waals surface area contributed by atoms with Gasteiger partial charge in [-0.1, -0.05) is 18.2 Å². The molecule has 2 heterocycles. The Morgan fingerprint density at radius 3 is 2.57 bits per heavy atom. The lowest BCUT2D eigenvalue weighted by Gasteiger charge is -2.22. The highest BCUT2D eigenvalue weighted by Crippen LogP contribution is 2.44. The number of rotatable bonds is 1. The first kappa shape index (κ1) is 12.4. The lowest BCUT2D eigenvalue weighted by Crippen LogP contribution is -2.30. The van der Waals surface area contributed by atoms with Crippen LogP contribution in [0.3, 0.4) is 0 Å². The number of aromatic nitrogens is 1. The molecule has 0 saturated carbocycles. The van der Waals surface area contributed by atoms with Gasteiger partial charge in [0.05, 0.1) is 17.5 Å². The number of hydrogen-bond donors (Lipinski definition) is 0. The van der Waals surface area contributed by atoms with E-state index in [1.54, 1.807) is 0 Å². The van der Waals surface area contributed by atoms with Gasteiger partial charge in [0.2, 0.25) is 11.8 Å². The van der Waals surface area contributed by atoms with Crippen molar-refractivity contribution in [3.8, 4) is 0 Å². The van der Waals surface area contributed by atoms with Gasteiger partial charge >= 0.3 is 0 Å². The molecule has 0 spiro atoms. The number of hydrogen-bond acceptors (Lipinski definition) is 2. The van der Waals surface area contributed by atoms with Crippen LogP contribution in [-0.4, -0.2) is 16.4 Å². The molecule has 106 valence electrons. The fraction of sp³-hybridized carbons (Fsp3) is 0.294. The molecule has 4 heteroatoms. The van der Waals surface area contributed by atoms with Crippen LogP contribution in [0.4, 0.5) is 5.69 Å². The highest BCUT2D eigenvalue weighted by atomic mass is 16.2. The molecule has 0 bridgehead atoms. The van der Waals surface area contributed by atoms with E-state index >= 15 is 0 Å². The van der Waals surface area contributed by atoms with Crippen molar-refractivity contribution < 1.29 is 9.59 Å². The number of anilines is 1. The number of carbonyl (C=O) groups is 2. The van der Waals surface area contributed by atoms with Crippen molar-refractivity contribution in [2.24, 2.45) is 13.0 Å². The van der Waals surface area contributed by atoms with Gasteiger partial charge in [-0.3, -0.25) is 9.59 Å². The Labute approximate surface area is 123 Å². The second-order valence-corrected chi connectivity index (χ2v) is 5.80. The fourth-order valence-electron chi connectivity index (χ4n) is 3.68. The molecule has 4 nitrogen and oxygen atoms in total. The van der Waals surface area contributed by atoms with Crippen LogP contribution >= 0.6 is 0 Å². The van der Waals surface area contributed by atoms with Crippen molar-refractivity contribution in [2.75, 3.05) is 4.90 Å². The van der Waals surface area contributed by atoms with Crippen LogP contribution in [0.15, 0.2) is 42.6 Å². The lowest BCUT2D eigenvalue weighted by molar-refractivity contribution is -0.122. The Hall–Kier alpha value is -2.36. The van der Waals surface area contributed by atoms with Crippen LogP contribution in [-0.2, 0) is 23.1 Å². The molecule has 4 rings (SSSR count). The second-order valence-electron chi connectivity index (χ2n) is 5.80. The van der Waals surface area contributed by atoms with Crippen LogP contribution in [0.25, 0.3) is 0 Å². The molecule has 2 aliphatic rings. The second kappa shape index (κ2) is 4.32. The van der Waals surface area contributed by atoms with Crippen LogP contribution in [0.1, 0.15) is 23.6 Å². The number of nitrogens with zero attached hydrogens (tertiary/aromatic N) is 2. The maximum absolute atomic E-state index is 12.8. The summed E-state index contributed by atoms with van der Waals surface area (Å²) in [6.45, 7) is 0. The summed E-state index contributed by atoms with van der Waals surface area (Å²) in [5.74, 6) is -0.635. The summed E-state index contributed by atoms with van der Waals surface area (Å²) in [5, 5.41) is 0. The number of imide groups is 1. The predicted molar refractivity (Wildman–Crippen MR) is 78.9 cm³/mol. The highest BCUT2D eigenvalue weighted by molar-refractivity contribution is 6.24. The molecule has 1 aliphatic heterocycles. The van der Waals surface area contributed by atoms with E-state index in [4.69, 9.17) is 0 Å². The predicted octanol–water partition coefficient (Wildman–Crippen LogP) is 2.24. The van der Waals surface area contributed by atoms with Crippen molar-refractivity contribution in [1.82, 2.24) is 4.57 Å². The number of benzene rings is 1. The Morgan fingerprint density at radius 2 is 1.81 bits per heavy atom. The van der Waals surface area contributed by atoms with Gasteiger partial charge in [-0.25, -0.2) is 4.90 Å². The minimum absolute atomic E-state index is 0.0503. The molecule has 21 heavy (non-hydrogen) atoms. The van der Waals surface area contributed by atoms with Crippen LogP contribution in [0.2, 0.25) is 0 Å². The Kier molecular flexibility index (Phi) is 2.55. The molecular formula is C17H16N2O2. The summed E-state index contributed by atoms with van der Waals surface area (Å²) in [4.78, 5) is 26.9. The van der Waals surface area contributed by atoms with Crippen LogP contribution in [0, 0.1) is 5.92 Å². The summed E-state index contributed by atoms with van der Waals surface area (Å²) < 4.78 is 2.06. The van der Waals surface area contributed by atoms with E-state index in [1.807, 2.05) is 49.6 Å². The van der Waals surface area contributed by atoms with Gasteiger partial charge in [-0.2, -0.15) is 0 Å². The Balaban J connectivity index is 1.80. The third-order valence-corrected chi connectivity index (χ3v) is 4.70. The van der Waals surface area contributed by atoms with E-state index in [-0.39, 0.29) is 23.7 Å². The topological polar surface area (TPSA) is 42.3 Å². The normalized spacial score (nSPS) is 24.1. The maximum atomic E-state index is 12.8. The molecule has 1 aromatic heterocycles. The quantitative estimate of drug-likeness (QED) is 0.752. The summed E-state index contributed by atoms with van der Waals surface area (Å²) in [6, 6.07) is 11.2. The zero-order chi connectivity index (χ0) is 14.6. The molecule has 0 radical (unpaired) electrons. The van der Waals surface area contributed by atoms with Gasteiger partial charge < -0.3 is 4.57 Å². The zero-order valence-electron chi connectivity index (χ0n) is 11.8. The van der Waals surface area contributed by atoms with E-state index in [2.05, 4.69) is 4.57 Å². The average Bonchev–Trinajstić information content (AvgIpc) is 3.00. The van der Waals surface area contributed by atoms with Gasteiger partial charge in [0.15, 0.2) is 0 Å². The summed E-state index contributed by atoms with van der Waals surface area (Å²) >= 11 is 0. The number of fused-ring (bicyclic) bond motifs is 3. The number of aryl methyl sites for hydroxylation is 1. The van der Waals surface area contributed by atoms with E-state index in [0.717, 1.165) is 18.4 Å². The van der Waals surface area contributed by atoms with E-state index in [1.165, 1.54) is 10.6 Å². The zero-order valence-corrected chi connectivity index (χ0v) is 11.8. The van der Waals surface area contributed by atoms with Crippen LogP contribution < -0.4 is 4.90 Å². The molecule has 0 unspecified atom stereocenters. The molecule has 2 aromatic rings. The monoisotopic (exact) mass is 280 g/mol. The summed E-state index contributed by atoms with van der Waals surface area (Å²) in [7, 11) is 2.00. The molecule has 2 amide bonds. The Bertz CT molecular complexity index is 733. The summed E-state index contributed by atoms with van der Waals surface area (Å²) in [5.41, 5.74) is 2.90. The van der Waals surface area contributed by atoms with Gasteiger partial charge in [-0.05, 0) is 36.6 Å². The lowest BCUT2D eigenvalue weighted by atomic mass is 9.79. The van der Waals surface area contributed by atoms with E-state index in [9.17, 15) is 9.59 Å². The first-order chi connectivity index (χ1) is 10.2. The van der Waals surface area contributed by atoms with Gasteiger partial charge in [0, 0.05) is 18.9 Å². The molecule has 1 fully saturated rings. The highest BCUT2D eigenvalue weighted by Gasteiger charge is 2.51. The van der Waals surface area contributed by atoms with Crippen molar-refractivity contribution in [3.05, 3.63) is 53.9 Å². The maximum Gasteiger partial charge on any atom is 0.242 e. The number of amides is 2. The van der Waals surface area contributed by atoms with E-state index in [0.29, 0.717) is 5.69 Å². The molecular weight excluding hydrogens is 264 g/mol. The molecule has 1 aliphatic carbocycles. The largest absolute Gasteiger partial charge is 0.354 e. The first-order valence-corrected chi connectivity index (χ1v) is 7.25. The average molecular weight is 280 g/mol. The van der Waals surface area contributed by atoms with E-state index < -0.39 is 0 Å².